The number of fused-ring (bicyclic) bond motifs is 1. The third-order valence-corrected chi connectivity index (χ3v) is 4.87. The second-order valence-corrected chi connectivity index (χ2v) is 6.75. The van der Waals surface area contributed by atoms with Crippen molar-refractivity contribution in [2.75, 3.05) is 18.1 Å². The fourth-order valence-corrected chi connectivity index (χ4v) is 3.42. The van der Waals surface area contributed by atoms with E-state index in [4.69, 9.17) is 0 Å². The van der Waals surface area contributed by atoms with Crippen LogP contribution in [-0.2, 0) is 19.3 Å². The summed E-state index contributed by atoms with van der Waals surface area (Å²) < 4.78 is 0. The third kappa shape index (κ3) is 4.06. The SMILES string of the molecule is CSc1cccc(NC(=O)NCCc2nc(C)c3c(n2)CCC3)c1. The Morgan fingerprint density at radius 1 is 1.29 bits per heavy atom. The average molecular weight is 342 g/mol. The fraction of sp³-hybridized carbons (Fsp3) is 0.389. The van der Waals surface area contributed by atoms with Crippen LogP contribution in [0.1, 0.15) is 29.2 Å². The number of nitrogens with zero attached hydrogens (tertiary/aromatic N) is 2. The molecule has 0 spiro atoms. The van der Waals surface area contributed by atoms with Crippen LogP contribution in [0.25, 0.3) is 0 Å². The Hall–Kier alpha value is -2.08. The number of aromatic nitrogens is 2. The maximum atomic E-state index is 12.0. The average Bonchev–Trinajstić information content (AvgIpc) is 3.04. The van der Waals surface area contributed by atoms with Gasteiger partial charge in [0.05, 0.1) is 0 Å². The van der Waals surface area contributed by atoms with Crippen LogP contribution in [0.4, 0.5) is 10.5 Å². The highest BCUT2D eigenvalue weighted by Gasteiger charge is 2.16. The van der Waals surface area contributed by atoms with Crippen molar-refractivity contribution in [2.24, 2.45) is 0 Å². The molecule has 0 aliphatic heterocycles. The Balaban J connectivity index is 1.51. The molecule has 1 aliphatic carbocycles. The highest BCUT2D eigenvalue weighted by atomic mass is 32.2. The molecule has 0 saturated heterocycles. The summed E-state index contributed by atoms with van der Waals surface area (Å²) in [4.78, 5) is 22.3. The molecular formula is C18H22N4OS. The molecule has 0 bridgehead atoms. The zero-order valence-electron chi connectivity index (χ0n) is 14.1. The lowest BCUT2D eigenvalue weighted by Gasteiger charge is -2.09. The topological polar surface area (TPSA) is 66.9 Å². The van der Waals surface area contributed by atoms with Crippen LogP contribution >= 0.6 is 11.8 Å². The van der Waals surface area contributed by atoms with Crippen LogP contribution in [0, 0.1) is 6.92 Å². The van der Waals surface area contributed by atoms with Crippen molar-refractivity contribution in [3.63, 3.8) is 0 Å². The smallest absolute Gasteiger partial charge is 0.319 e. The molecule has 2 amide bonds. The Morgan fingerprint density at radius 2 is 2.17 bits per heavy atom. The van der Waals surface area contributed by atoms with Crippen molar-refractivity contribution in [3.8, 4) is 0 Å². The molecule has 24 heavy (non-hydrogen) atoms. The molecule has 5 nitrogen and oxygen atoms in total. The van der Waals surface area contributed by atoms with Crippen LogP contribution in [0.2, 0.25) is 0 Å². The van der Waals surface area contributed by atoms with Crippen molar-refractivity contribution >= 4 is 23.5 Å². The van der Waals surface area contributed by atoms with Gasteiger partial charge in [-0.15, -0.1) is 11.8 Å². The first-order valence-corrected chi connectivity index (χ1v) is 9.42. The van der Waals surface area contributed by atoms with Gasteiger partial charge in [0.25, 0.3) is 0 Å². The van der Waals surface area contributed by atoms with Crippen molar-refractivity contribution in [3.05, 3.63) is 47.0 Å². The fourth-order valence-electron chi connectivity index (χ4n) is 2.96. The van der Waals surface area contributed by atoms with Crippen LogP contribution in [0.5, 0.6) is 0 Å². The van der Waals surface area contributed by atoms with Gasteiger partial charge in [-0.1, -0.05) is 6.07 Å². The summed E-state index contributed by atoms with van der Waals surface area (Å²) in [6.45, 7) is 2.57. The Labute approximate surface area is 146 Å². The molecule has 1 aromatic heterocycles. The van der Waals surface area contributed by atoms with Crippen molar-refractivity contribution in [1.29, 1.82) is 0 Å². The third-order valence-electron chi connectivity index (χ3n) is 4.15. The van der Waals surface area contributed by atoms with E-state index < -0.39 is 0 Å². The molecule has 0 radical (unpaired) electrons. The second kappa shape index (κ2) is 7.66. The first-order chi connectivity index (χ1) is 11.7. The second-order valence-electron chi connectivity index (χ2n) is 5.87. The van der Waals surface area contributed by atoms with Gasteiger partial charge in [-0.05, 0) is 56.2 Å². The van der Waals surface area contributed by atoms with E-state index in [2.05, 4.69) is 20.6 Å². The summed E-state index contributed by atoms with van der Waals surface area (Å²) in [7, 11) is 0. The highest BCUT2D eigenvalue weighted by Crippen LogP contribution is 2.22. The molecule has 3 rings (SSSR count). The number of carbonyl (C=O) groups is 1. The maximum Gasteiger partial charge on any atom is 0.319 e. The van der Waals surface area contributed by atoms with Gasteiger partial charge < -0.3 is 10.6 Å². The molecule has 2 N–H and O–H groups in total. The van der Waals surface area contributed by atoms with Crippen LogP contribution in [0.15, 0.2) is 29.2 Å². The Kier molecular flexibility index (Phi) is 5.35. The summed E-state index contributed by atoms with van der Waals surface area (Å²) in [6, 6.07) is 7.58. The van der Waals surface area contributed by atoms with Crippen LogP contribution in [-0.4, -0.2) is 28.8 Å². The summed E-state index contributed by atoms with van der Waals surface area (Å²) in [5.74, 6) is 0.817. The van der Waals surface area contributed by atoms with E-state index in [-0.39, 0.29) is 6.03 Å². The van der Waals surface area contributed by atoms with E-state index in [0.29, 0.717) is 13.0 Å². The van der Waals surface area contributed by atoms with E-state index in [0.717, 1.165) is 34.9 Å². The number of amides is 2. The number of rotatable bonds is 5. The van der Waals surface area contributed by atoms with Crippen LogP contribution < -0.4 is 10.6 Å². The number of nitrogens with one attached hydrogen (secondary N) is 2. The van der Waals surface area contributed by atoms with Crippen molar-refractivity contribution < 1.29 is 4.79 Å². The van der Waals surface area contributed by atoms with Gasteiger partial charge in [-0.25, -0.2) is 14.8 Å². The molecule has 6 heteroatoms. The molecule has 1 aromatic carbocycles. The lowest BCUT2D eigenvalue weighted by Crippen LogP contribution is -2.30. The number of carbonyl (C=O) groups excluding carboxylic acids is 1. The van der Waals surface area contributed by atoms with Crippen molar-refractivity contribution in [2.45, 2.75) is 37.5 Å². The maximum absolute atomic E-state index is 12.0. The molecule has 0 unspecified atom stereocenters. The molecule has 1 heterocycles. The normalized spacial score (nSPS) is 12.8. The summed E-state index contributed by atoms with van der Waals surface area (Å²) >= 11 is 1.65. The highest BCUT2D eigenvalue weighted by molar-refractivity contribution is 7.98. The van der Waals surface area contributed by atoms with Crippen LogP contribution in [0.3, 0.4) is 0 Å². The lowest BCUT2D eigenvalue weighted by atomic mass is 10.2. The first kappa shape index (κ1) is 16.8. The van der Waals surface area contributed by atoms with E-state index in [1.807, 2.05) is 37.4 Å². The van der Waals surface area contributed by atoms with Gasteiger partial charge in [0, 0.05) is 34.9 Å². The van der Waals surface area contributed by atoms with Gasteiger partial charge in [0.1, 0.15) is 5.82 Å². The zero-order valence-corrected chi connectivity index (χ0v) is 14.9. The standard InChI is InChI=1S/C18H22N4OS/c1-12-15-7-4-8-16(15)22-17(20-12)9-10-19-18(23)21-13-5-3-6-14(11-13)24-2/h3,5-6,11H,4,7-10H2,1-2H3,(H2,19,21,23). The number of anilines is 1. The first-order valence-electron chi connectivity index (χ1n) is 8.20. The molecule has 2 aromatic rings. The van der Waals surface area contributed by atoms with E-state index in [1.54, 1.807) is 11.8 Å². The zero-order chi connectivity index (χ0) is 16.9. The van der Waals surface area contributed by atoms with Crippen molar-refractivity contribution in [1.82, 2.24) is 15.3 Å². The number of thioether (sulfide) groups is 1. The summed E-state index contributed by atoms with van der Waals surface area (Å²) in [5, 5.41) is 5.72. The minimum absolute atomic E-state index is 0.203. The largest absolute Gasteiger partial charge is 0.337 e. The number of benzene rings is 1. The number of aryl methyl sites for hydroxylation is 2. The number of urea groups is 1. The van der Waals surface area contributed by atoms with E-state index in [1.165, 1.54) is 17.7 Å². The minimum Gasteiger partial charge on any atom is -0.337 e. The van der Waals surface area contributed by atoms with Gasteiger partial charge in [0.2, 0.25) is 0 Å². The molecule has 0 saturated carbocycles. The van der Waals surface area contributed by atoms with Gasteiger partial charge in [0.15, 0.2) is 0 Å². The molecular weight excluding hydrogens is 320 g/mol. The van der Waals surface area contributed by atoms with E-state index >= 15 is 0 Å². The van der Waals surface area contributed by atoms with Gasteiger partial charge in [-0.3, -0.25) is 0 Å². The number of hydrogen-bond acceptors (Lipinski definition) is 4. The number of hydrogen-bond donors (Lipinski definition) is 2. The Morgan fingerprint density at radius 3 is 3.00 bits per heavy atom. The molecule has 0 atom stereocenters. The quantitative estimate of drug-likeness (QED) is 0.818. The predicted octanol–water partition coefficient (Wildman–Crippen LogP) is 3.36. The minimum atomic E-state index is -0.203. The van der Waals surface area contributed by atoms with Gasteiger partial charge in [-0.2, -0.15) is 0 Å². The molecule has 126 valence electrons. The molecule has 0 fully saturated rings. The Bertz CT molecular complexity index is 748. The lowest BCUT2D eigenvalue weighted by molar-refractivity contribution is 0.252. The summed E-state index contributed by atoms with van der Waals surface area (Å²) in [6.07, 6.45) is 5.97. The monoisotopic (exact) mass is 342 g/mol. The molecule has 1 aliphatic rings. The summed E-state index contributed by atoms with van der Waals surface area (Å²) in [5.41, 5.74) is 4.39. The van der Waals surface area contributed by atoms with E-state index in [9.17, 15) is 4.79 Å². The van der Waals surface area contributed by atoms with Gasteiger partial charge >= 0.3 is 6.03 Å². The predicted molar refractivity (Wildman–Crippen MR) is 97.7 cm³/mol.